The van der Waals surface area contributed by atoms with E-state index in [9.17, 15) is 4.79 Å². The van der Waals surface area contributed by atoms with Gasteiger partial charge < -0.3 is 9.84 Å². The molecule has 0 bridgehead atoms. The number of ether oxygens (including phenoxy) is 1. The summed E-state index contributed by atoms with van der Waals surface area (Å²) in [7, 11) is 0. The molecule has 70 valence electrons. The minimum Gasteiger partial charge on any atom is -0.458 e. The number of aliphatic hydroxyl groups excluding tert-OH is 1. The summed E-state index contributed by atoms with van der Waals surface area (Å²) in [6, 6.07) is 0. The highest BCUT2D eigenvalue weighted by atomic mass is 16.5. The van der Waals surface area contributed by atoms with Crippen molar-refractivity contribution >= 4 is 5.97 Å². The Kier molecular flexibility index (Phi) is 6.38. The maximum Gasteiger partial charge on any atom is 0.303 e. The van der Waals surface area contributed by atoms with Crippen LogP contribution in [0.1, 0.15) is 26.2 Å². The van der Waals surface area contributed by atoms with Gasteiger partial charge in [-0.05, 0) is 19.3 Å². The number of carbonyl (C=O) groups excluding carboxylic acids is 1. The van der Waals surface area contributed by atoms with Crippen LogP contribution in [0.5, 0.6) is 0 Å². The smallest absolute Gasteiger partial charge is 0.303 e. The second-order valence-corrected chi connectivity index (χ2v) is 2.60. The SMILES string of the molecule is C=CC(CCCCO)OC(C)=O. The summed E-state index contributed by atoms with van der Waals surface area (Å²) in [5.74, 6) is -0.288. The summed E-state index contributed by atoms with van der Waals surface area (Å²) in [4.78, 5) is 10.5. The molecule has 0 spiro atoms. The number of unbranched alkanes of at least 4 members (excludes halogenated alkanes) is 1. The van der Waals surface area contributed by atoms with Crippen molar-refractivity contribution < 1.29 is 14.6 Å². The number of rotatable bonds is 6. The highest BCUT2D eigenvalue weighted by molar-refractivity contribution is 5.66. The molecular formula is C9H16O3. The molecule has 0 fully saturated rings. The van der Waals surface area contributed by atoms with Gasteiger partial charge in [-0.3, -0.25) is 4.79 Å². The van der Waals surface area contributed by atoms with Crippen LogP contribution in [0.25, 0.3) is 0 Å². The van der Waals surface area contributed by atoms with Gasteiger partial charge >= 0.3 is 5.97 Å². The first-order valence-electron chi connectivity index (χ1n) is 4.11. The Labute approximate surface area is 73.0 Å². The van der Waals surface area contributed by atoms with Crippen LogP contribution in [0.2, 0.25) is 0 Å². The lowest BCUT2D eigenvalue weighted by Crippen LogP contribution is -2.13. The van der Waals surface area contributed by atoms with Crippen LogP contribution in [0.15, 0.2) is 12.7 Å². The quantitative estimate of drug-likeness (QED) is 0.373. The van der Waals surface area contributed by atoms with Crippen molar-refractivity contribution in [3.63, 3.8) is 0 Å². The third-order valence-corrected chi connectivity index (χ3v) is 1.48. The van der Waals surface area contributed by atoms with Gasteiger partial charge in [0, 0.05) is 13.5 Å². The van der Waals surface area contributed by atoms with Crippen molar-refractivity contribution in [2.45, 2.75) is 32.3 Å². The number of hydrogen-bond donors (Lipinski definition) is 1. The van der Waals surface area contributed by atoms with Gasteiger partial charge in [-0.1, -0.05) is 12.7 Å². The summed E-state index contributed by atoms with van der Waals surface area (Å²) in [6.07, 6.45) is 3.74. The molecule has 0 amide bonds. The van der Waals surface area contributed by atoms with Crippen molar-refractivity contribution in [2.75, 3.05) is 6.61 Å². The molecule has 0 aromatic carbocycles. The maximum atomic E-state index is 10.5. The van der Waals surface area contributed by atoms with Crippen LogP contribution in [-0.2, 0) is 9.53 Å². The first-order valence-corrected chi connectivity index (χ1v) is 4.11. The van der Waals surface area contributed by atoms with Gasteiger partial charge in [0.25, 0.3) is 0 Å². The Balaban J connectivity index is 3.53. The van der Waals surface area contributed by atoms with Gasteiger partial charge in [-0.15, -0.1) is 0 Å². The van der Waals surface area contributed by atoms with E-state index in [-0.39, 0.29) is 18.7 Å². The molecule has 0 aliphatic carbocycles. The standard InChI is InChI=1S/C9H16O3/c1-3-9(12-8(2)11)6-4-5-7-10/h3,9-10H,1,4-7H2,2H3. The second kappa shape index (κ2) is 6.85. The molecule has 3 heteroatoms. The van der Waals surface area contributed by atoms with E-state index in [1.807, 2.05) is 0 Å². The Hall–Kier alpha value is -0.830. The predicted octanol–water partition coefficient (Wildman–Crippen LogP) is 1.27. The number of aliphatic hydroxyl groups is 1. The number of carbonyl (C=O) groups is 1. The molecule has 3 nitrogen and oxygen atoms in total. The Bertz CT molecular complexity index is 143. The number of esters is 1. The van der Waals surface area contributed by atoms with Crippen LogP contribution < -0.4 is 0 Å². The summed E-state index contributed by atoms with van der Waals surface area (Å²) in [6.45, 7) is 5.12. The van der Waals surface area contributed by atoms with E-state index in [2.05, 4.69) is 6.58 Å². The summed E-state index contributed by atoms with van der Waals surface area (Å²) < 4.78 is 4.91. The second-order valence-electron chi connectivity index (χ2n) is 2.60. The zero-order valence-electron chi connectivity index (χ0n) is 7.45. The molecule has 1 N–H and O–H groups in total. The molecular weight excluding hydrogens is 156 g/mol. The molecule has 0 aliphatic heterocycles. The van der Waals surface area contributed by atoms with Crippen LogP contribution in [0.3, 0.4) is 0 Å². The largest absolute Gasteiger partial charge is 0.458 e. The molecule has 1 unspecified atom stereocenters. The van der Waals surface area contributed by atoms with E-state index < -0.39 is 0 Å². The van der Waals surface area contributed by atoms with Crippen molar-refractivity contribution in [3.05, 3.63) is 12.7 Å². The topological polar surface area (TPSA) is 46.5 Å². The number of hydrogen-bond acceptors (Lipinski definition) is 3. The molecule has 0 heterocycles. The summed E-state index contributed by atoms with van der Waals surface area (Å²) in [5, 5.41) is 8.50. The zero-order chi connectivity index (χ0) is 9.40. The average Bonchev–Trinajstić information content (AvgIpc) is 2.02. The third kappa shape index (κ3) is 5.92. The van der Waals surface area contributed by atoms with E-state index in [0.717, 1.165) is 19.3 Å². The summed E-state index contributed by atoms with van der Waals surface area (Å²) >= 11 is 0. The van der Waals surface area contributed by atoms with E-state index in [1.54, 1.807) is 6.08 Å². The predicted molar refractivity (Wildman–Crippen MR) is 46.7 cm³/mol. The fourth-order valence-electron chi connectivity index (χ4n) is 0.895. The molecule has 0 radical (unpaired) electrons. The van der Waals surface area contributed by atoms with E-state index in [4.69, 9.17) is 9.84 Å². The van der Waals surface area contributed by atoms with Crippen LogP contribution in [0.4, 0.5) is 0 Å². The van der Waals surface area contributed by atoms with Gasteiger partial charge in [0.15, 0.2) is 0 Å². The maximum absolute atomic E-state index is 10.5. The molecule has 0 rings (SSSR count). The van der Waals surface area contributed by atoms with E-state index in [0.29, 0.717) is 0 Å². The van der Waals surface area contributed by atoms with Crippen molar-refractivity contribution in [1.82, 2.24) is 0 Å². The van der Waals surface area contributed by atoms with Gasteiger partial charge in [0.2, 0.25) is 0 Å². The zero-order valence-corrected chi connectivity index (χ0v) is 7.45. The minimum absolute atomic E-state index is 0.184. The van der Waals surface area contributed by atoms with Gasteiger partial charge in [0.05, 0.1) is 0 Å². The molecule has 1 atom stereocenters. The minimum atomic E-state index is -0.288. The highest BCUT2D eigenvalue weighted by Crippen LogP contribution is 2.05. The fraction of sp³-hybridized carbons (Fsp3) is 0.667. The van der Waals surface area contributed by atoms with Crippen molar-refractivity contribution in [2.24, 2.45) is 0 Å². The first kappa shape index (κ1) is 11.2. The van der Waals surface area contributed by atoms with Crippen molar-refractivity contribution in [3.8, 4) is 0 Å². The molecule has 0 saturated heterocycles. The van der Waals surface area contributed by atoms with Gasteiger partial charge in [-0.25, -0.2) is 0 Å². The Morgan fingerprint density at radius 1 is 1.67 bits per heavy atom. The third-order valence-electron chi connectivity index (χ3n) is 1.48. The molecule has 0 aromatic rings. The Morgan fingerprint density at radius 2 is 2.33 bits per heavy atom. The lowest BCUT2D eigenvalue weighted by Gasteiger charge is -2.11. The van der Waals surface area contributed by atoms with Crippen LogP contribution >= 0.6 is 0 Å². The molecule has 12 heavy (non-hydrogen) atoms. The van der Waals surface area contributed by atoms with Crippen molar-refractivity contribution in [1.29, 1.82) is 0 Å². The van der Waals surface area contributed by atoms with Gasteiger partial charge in [0.1, 0.15) is 6.10 Å². The lowest BCUT2D eigenvalue weighted by molar-refractivity contribution is -0.144. The fourth-order valence-corrected chi connectivity index (χ4v) is 0.895. The monoisotopic (exact) mass is 172 g/mol. The summed E-state index contributed by atoms with van der Waals surface area (Å²) in [5.41, 5.74) is 0. The first-order chi connectivity index (χ1) is 5.70. The van der Waals surface area contributed by atoms with E-state index in [1.165, 1.54) is 6.92 Å². The molecule has 0 aliphatic rings. The molecule has 0 aromatic heterocycles. The Morgan fingerprint density at radius 3 is 2.75 bits per heavy atom. The molecule has 0 saturated carbocycles. The van der Waals surface area contributed by atoms with E-state index >= 15 is 0 Å². The van der Waals surface area contributed by atoms with Crippen LogP contribution in [0, 0.1) is 0 Å². The average molecular weight is 172 g/mol. The normalized spacial score (nSPS) is 12.2. The van der Waals surface area contributed by atoms with Crippen LogP contribution in [-0.4, -0.2) is 23.8 Å². The van der Waals surface area contributed by atoms with Gasteiger partial charge in [-0.2, -0.15) is 0 Å². The lowest BCUT2D eigenvalue weighted by atomic mass is 10.1. The highest BCUT2D eigenvalue weighted by Gasteiger charge is 2.05.